The molecule has 0 aromatic carbocycles. The second kappa shape index (κ2) is 4.10. The number of aromatic carboxylic acids is 1. The Labute approximate surface area is 102 Å². The molecule has 17 heavy (non-hydrogen) atoms. The van der Waals surface area contributed by atoms with Gasteiger partial charge in [-0.2, -0.15) is 0 Å². The van der Waals surface area contributed by atoms with Crippen LogP contribution in [-0.2, 0) is 0 Å². The number of carbonyl (C=O) groups is 1. The van der Waals surface area contributed by atoms with Gasteiger partial charge in [-0.25, -0.2) is 9.48 Å². The Bertz CT molecular complexity index is 554. The highest BCUT2D eigenvalue weighted by molar-refractivity contribution is 7.20. The number of carboxylic acid groups (broad SMARTS) is 1. The zero-order valence-corrected chi connectivity index (χ0v) is 10.1. The van der Waals surface area contributed by atoms with Crippen molar-refractivity contribution in [1.82, 2.24) is 15.0 Å². The lowest BCUT2D eigenvalue weighted by molar-refractivity contribution is 0.0702. The fourth-order valence-electron chi connectivity index (χ4n) is 2.41. The molecular formula is C11H13N3O2S. The Morgan fingerprint density at radius 3 is 2.88 bits per heavy atom. The van der Waals surface area contributed by atoms with Crippen LogP contribution in [0.2, 0.25) is 0 Å². The van der Waals surface area contributed by atoms with Crippen molar-refractivity contribution in [3.63, 3.8) is 0 Å². The molecule has 0 amide bonds. The predicted molar refractivity (Wildman–Crippen MR) is 64.5 cm³/mol. The first-order valence-corrected chi connectivity index (χ1v) is 6.65. The maximum Gasteiger partial charge on any atom is 0.346 e. The topological polar surface area (TPSA) is 68.0 Å². The third kappa shape index (κ3) is 1.82. The van der Waals surface area contributed by atoms with E-state index in [4.69, 9.17) is 5.11 Å². The summed E-state index contributed by atoms with van der Waals surface area (Å²) in [6.07, 6.45) is 5.99. The average molecular weight is 251 g/mol. The molecule has 0 radical (unpaired) electrons. The first kappa shape index (κ1) is 10.7. The number of hydrogen-bond donors (Lipinski definition) is 1. The van der Waals surface area contributed by atoms with Crippen molar-refractivity contribution in [3.05, 3.63) is 10.9 Å². The summed E-state index contributed by atoms with van der Waals surface area (Å²) in [5.41, 5.74) is 0.706. The third-order valence-corrected chi connectivity index (χ3v) is 4.38. The SMILES string of the molecule is O=C(O)c1cc2nnn(C3CCCCC3)c2s1. The molecule has 5 nitrogen and oxygen atoms in total. The van der Waals surface area contributed by atoms with Crippen molar-refractivity contribution in [2.45, 2.75) is 38.1 Å². The number of hydrogen-bond acceptors (Lipinski definition) is 4. The van der Waals surface area contributed by atoms with Gasteiger partial charge in [0.15, 0.2) is 0 Å². The van der Waals surface area contributed by atoms with Crippen molar-refractivity contribution in [2.24, 2.45) is 0 Å². The highest BCUT2D eigenvalue weighted by Crippen LogP contribution is 2.32. The molecule has 1 aliphatic carbocycles. The Balaban J connectivity index is 2.00. The van der Waals surface area contributed by atoms with Crippen LogP contribution in [0.5, 0.6) is 0 Å². The summed E-state index contributed by atoms with van der Waals surface area (Å²) >= 11 is 1.27. The molecule has 2 heterocycles. The molecular weight excluding hydrogens is 238 g/mol. The highest BCUT2D eigenvalue weighted by Gasteiger charge is 2.21. The molecule has 3 rings (SSSR count). The van der Waals surface area contributed by atoms with E-state index in [0.717, 1.165) is 17.7 Å². The zero-order valence-electron chi connectivity index (χ0n) is 9.30. The lowest BCUT2D eigenvalue weighted by atomic mass is 9.96. The second-order valence-corrected chi connectivity index (χ2v) is 5.46. The van der Waals surface area contributed by atoms with Crippen LogP contribution in [0, 0.1) is 0 Å². The number of fused-ring (bicyclic) bond motifs is 1. The molecule has 1 saturated carbocycles. The zero-order chi connectivity index (χ0) is 11.8. The summed E-state index contributed by atoms with van der Waals surface area (Å²) in [6.45, 7) is 0. The molecule has 0 atom stereocenters. The average Bonchev–Trinajstić information content (AvgIpc) is 2.89. The molecule has 0 spiro atoms. The molecule has 2 aromatic rings. The van der Waals surface area contributed by atoms with Crippen molar-refractivity contribution in [1.29, 1.82) is 0 Å². The van der Waals surface area contributed by atoms with Gasteiger partial charge in [-0.15, -0.1) is 16.4 Å². The van der Waals surface area contributed by atoms with E-state index in [1.165, 1.54) is 30.6 Å². The molecule has 1 fully saturated rings. The van der Waals surface area contributed by atoms with E-state index < -0.39 is 5.97 Å². The highest BCUT2D eigenvalue weighted by atomic mass is 32.1. The number of aromatic nitrogens is 3. The molecule has 0 saturated heterocycles. The normalized spacial score (nSPS) is 17.6. The van der Waals surface area contributed by atoms with E-state index in [2.05, 4.69) is 10.3 Å². The standard InChI is InChI=1S/C11H13N3O2S/c15-11(16)9-6-8-10(17-9)14(13-12-8)7-4-2-1-3-5-7/h6-7H,1-5H2,(H,15,16). The molecule has 0 aliphatic heterocycles. The van der Waals surface area contributed by atoms with Crippen molar-refractivity contribution in [2.75, 3.05) is 0 Å². The first-order chi connectivity index (χ1) is 8.25. The quantitative estimate of drug-likeness (QED) is 0.891. The van der Waals surface area contributed by atoms with Gasteiger partial charge in [-0.1, -0.05) is 24.5 Å². The van der Waals surface area contributed by atoms with Crippen LogP contribution >= 0.6 is 11.3 Å². The summed E-state index contributed by atoms with van der Waals surface area (Å²) in [5, 5.41) is 17.2. The fraction of sp³-hybridized carbons (Fsp3) is 0.545. The molecule has 6 heteroatoms. The van der Waals surface area contributed by atoms with Crippen molar-refractivity contribution in [3.8, 4) is 0 Å². The molecule has 1 N–H and O–H groups in total. The van der Waals surface area contributed by atoms with E-state index >= 15 is 0 Å². The minimum atomic E-state index is -0.886. The minimum Gasteiger partial charge on any atom is -0.477 e. The fourth-order valence-corrected chi connectivity index (χ4v) is 3.36. The van der Waals surface area contributed by atoms with Crippen LogP contribution in [0.25, 0.3) is 10.3 Å². The van der Waals surface area contributed by atoms with Gasteiger partial charge < -0.3 is 5.11 Å². The number of thiophene rings is 1. The first-order valence-electron chi connectivity index (χ1n) is 5.84. The lowest BCUT2D eigenvalue weighted by Crippen LogP contribution is -2.13. The molecule has 90 valence electrons. The molecule has 0 unspecified atom stereocenters. The van der Waals surface area contributed by atoms with Crippen LogP contribution in [0.15, 0.2) is 6.07 Å². The second-order valence-electron chi connectivity index (χ2n) is 4.43. The Kier molecular flexibility index (Phi) is 2.58. The Morgan fingerprint density at radius 2 is 2.18 bits per heavy atom. The smallest absolute Gasteiger partial charge is 0.346 e. The molecule has 0 bridgehead atoms. The van der Waals surface area contributed by atoms with E-state index in [-0.39, 0.29) is 0 Å². The largest absolute Gasteiger partial charge is 0.477 e. The summed E-state index contributed by atoms with van der Waals surface area (Å²) < 4.78 is 1.92. The van der Waals surface area contributed by atoms with Gasteiger partial charge >= 0.3 is 5.97 Å². The molecule has 2 aromatic heterocycles. The molecule has 1 aliphatic rings. The van der Waals surface area contributed by atoms with Gasteiger partial charge in [0.05, 0.1) is 6.04 Å². The maximum atomic E-state index is 10.9. The lowest BCUT2D eigenvalue weighted by Gasteiger charge is -2.21. The van der Waals surface area contributed by atoms with Crippen molar-refractivity contribution < 1.29 is 9.90 Å². The van der Waals surface area contributed by atoms with E-state index in [1.54, 1.807) is 6.07 Å². The summed E-state index contributed by atoms with van der Waals surface area (Å²) in [7, 11) is 0. The summed E-state index contributed by atoms with van der Waals surface area (Å²) in [6, 6.07) is 2.00. The third-order valence-electron chi connectivity index (χ3n) is 3.28. The van der Waals surface area contributed by atoms with Gasteiger partial charge in [-0.3, -0.25) is 0 Å². The van der Waals surface area contributed by atoms with Gasteiger partial charge in [0.25, 0.3) is 0 Å². The van der Waals surface area contributed by atoms with E-state index in [9.17, 15) is 4.79 Å². The number of nitrogens with zero attached hydrogens (tertiary/aromatic N) is 3. The summed E-state index contributed by atoms with van der Waals surface area (Å²) in [4.78, 5) is 12.1. The minimum absolute atomic E-state index is 0.342. The number of carboxylic acids is 1. The number of rotatable bonds is 2. The Morgan fingerprint density at radius 1 is 1.41 bits per heavy atom. The van der Waals surface area contributed by atoms with Crippen LogP contribution in [0.4, 0.5) is 0 Å². The predicted octanol–water partition coefficient (Wildman–Crippen LogP) is 2.70. The van der Waals surface area contributed by atoms with Gasteiger partial charge in [0, 0.05) is 0 Å². The summed E-state index contributed by atoms with van der Waals surface area (Å²) in [5.74, 6) is -0.886. The van der Waals surface area contributed by atoms with E-state index in [0.29, 0.717) is 16.4 Å². The van der Waals surface area contributed by atoms with E-state index in [1.807, 2.05) is 4.68 Å². The van der Waals surface area contributed by atoms with Gasteiger partial charge in [0.2, 0.25) is 0 Å². The van der Waals surface area contributed by atoms with Crippen molar-refractivity contribution >= 4 is 27.7 Å². The van der Waals surface area contributed by atoms with Crippen LogP contribution in [-0.4, -0.2) is 26.1 Å². The Hall–Kier alpha value is -1.43. The van der Waals surface area contributed by atoms with Crippen LogP contribution in [0.3, 0.4) is 0 Å². The van der Waals surface area contributed by atoms with Crippen LogP contribution in [0.1, 0.15) is 47.8 Å². The van der Waals surface area contributed by atoms with Gasteiger partial charge in [-0.05, 0) is 18.9 Å². The van der Waals surface area contributed by atoms with Gasteiger partial charge in [0.1, 0.15) is 15.2 Å². The maximum absolute atomic E-state index is 10.9. The monoisotopic (exact) mass is 251 g/mol. The van der Waals surface area contributed by atoms with Crippen LogP contribution < -0.4 is 0 Å².